The van der Waals surface area contributed by atoms with Crippen LogP contribution in [0, 0.1) is 7.14 Å². The van der Waals surface area contributed by atoms with Gasteiger partial charge in [0, 0.05) is 0 Å². The van der Waals surface area contributed by atoms with Crippen LogP contribution in [0.5, 0.6) is 23.0 Å². The van der Waals surface area contributed by atoms with E-state index in [0.29, 0.717) is 13.2 Å². The van der Waals surface area contributed by atoms with Gasteiger partial charge in [0.15, 0.2) is 7.14 Å². The van der Waals surface area contributed by atoms with Crippen LogP contribution in [0.3, 0.4) is 0 Å². The molecule has 0 radical (unpaired) electrons. The summed E-state index contributed by atoms with van der Waals surface area (Å²) in [5, 5.41) is 18.7. The van der Waals surface area contributed by atoms with Crippen molar-refractivity contribution in [2.45, 2.75) is 13.2 Å². The first kappa shape index (κ1) is 21.1. The molecule has 0 spiro atoms. The highest BCUT2D eigenvalue weighted by Gasteiger charge is 2.15. The molecule has 5 heteroatoms. The molecular formula is C26H22IO4+. The third kappa shape index (κ3) is 6.39. The number of phenolic OH excluding ortho intramolecular Hbond substituents is 2. The maximum absolute atomic E-state index is 9.34. The van der Waals surface area contributed by atoms with Gasteiger partial charge in [0.1, 0.15) is 36.2 Å². The van der Waals surface area contributed by atoms with E-state index in [0.717, 1.165) is 22.6 Å². The first-order valence-electron chi connectivity index (χ1n) is 9.80. The summed E-state index contributed by atoms with van der Waals surface area (Å²) in [5.74, 6) is 2.18. The van der Waals surface area contributed by atoms with Crippen LogP contribution in [0.15, 0.2) is 97.1 Å². The predicted octanol–water partition coefficient (Wildman–Crippen LogP) is 2.38. The van der Waals surface area contributed by atoms with Crippen molar-refractivity contribution in [1.29, 1.82) is 0 Å². The van der Waals surface area contributed by atoms with E-state index in [-0.39, 0.29) is 32.7 Å². The Balaban J connectivity index is 1.27. The third-order valence-electron chi connectivity index (χ3n) is 4.53. The molecule has 0 aliphatic rings. The van der Waals surface area contributed by atoms with E-state index in [4.69, 9.17) is 9.47 Å². The molecule has 0 unspecified atom stereocenters. The van der Waals surface area contributed by atoms with Crippen LogP contribution < -0.4 is 30.7 Å². The fraction of sp³-hybridized carbons (Fsp3) is 0.0769. The molecule has 0 atom stereocenters. The maximum Gasteiger partial charge on any atom is 0.357 e. The predicted molar refractivity (Wildman–Crippen MR) is 115 cm³/mol. The Bertz CT molecular complexity index is 999. The summed E-state index contributed by atoms with van der Waals surface area (Å²) in [6, 6.07) is 30.6. The van der Waals surface area contributed by atoms with E-state index < -0.39 is 0 Å². The molecule has 156 valence electrons. The summed E-state index contributed by atoms with van der Waals surface area (Å²) >= 11 is -0.280. The van der Waals surface area contributed by atoms with Gasteiger partial charge in [-0.05, 0) is 83.9 Å². The van der Waals surface area contributed by atoms with Gasteiger partial charge in [0.25, 0.3) is 0 Å². The molecule has 4 rings (SSSR count). The Labute approximate surface area is 192 Å². The summed E-state index contributed by atoms with van der Waals surface area (Å²) in [4.78, 5) is 0. The lowest BCUT2D eigenvalue weighted by molar-refractivity contribution is -0.597. The first-order chi connectivity index (χ1) is 15.1. The van der Waals surface area contributed by atoms with Gasteiger partial charge in [-0.25, -0.2) is 0 Å². The molecule has 4 aromatic rings. The average Bonchev–Trinajstić information content (AvgIpc) is 2.80. The minimum atomic E-state index is -0.280. The largest absolute Gasteiger partial charge is 0.508 e. The second-order valence-corrected chi connectivity index (χ2v) is 9.94. The van der Waals surface area contributed by atoms with Crippen molar-refractivity contribution in [2.75, 3.05) is 0 Å². The average molecular weight is 525 g/mol. The molecule has 0 aliphatic carbocycles. The first-order valence-corrected chi connectivity index (χ1v) is 12.0. The quantitative estimate of drug-likeness (QED) is 0.347. The Kier molecular flexibility index (Phi) is 6.94. The highest BCUT2D eigenvalue weighted by Crippen LogP contribution is 2.15. The number of phenols is 2. The lowest BCUT2D eigenvalue weighted by Crippen LogP contribution is -3.61. The highest BCUT2D eigenvalue weighted by molar-refractivity contribution is 5.28. The Hall–Kier alpha value is -3.19. The Morgan fingerprint density at radius 1 is 0.484 bits per heavy atom. The molecular weight excluding hydrogens is 503 g/mol. The summed E-state index contributed by atoms with van der Waals surface area (Å²) in [5.41, 5.74) is 2.03. The normalized spacial score (nSPS) is 10.6. The monoisotopic (exact) mass is 525 g/mol. The van der Waals surface area contributed by atoms with E-state index in [2.05, 4.69) is 24.3 Å². The van der Waals surface area contributed by atoms with Gasteiger partial charge >= 0.3 is 21.2 Å². The van der Waals surface area contributed by atoms with Gasteiger partial charge in [-0.1, -0.05) is 24.3 Å². The minimum Gasteiger partial charge on any atom is -0.508 e. The zero-order chi connectivity index (χ0) is 21.5. The summed E-state index contributed by atoms with van der Waals surface area (Å²) < 4.78 is 14.3. The van der Waals surface area contributed by atoms with Crippen LogP contribution in [0.25, 0.3) is 0 Å². The summed E-state index contributed by atoms with van der Waals surface area (Å²) in [7, 11) is 0. The van der Waals surface area contributed by atoms with Gasteiger partial charge in [0.2, 0.25) is 0 Å². The number of hydrogen-bond acceptors (Lipinski definition) is 4. The number of ether oxygens (including phenoxy) is 2. The second kappa shape index (κ2) is 10.2. The highest BCUT2D eigenvalue weighted by atomic mass is 127. The fourth-order valence-electron chi connectivity index (χ4n) is 2.83. The smallest absolute Gasteiger partial charge is 0.357 e. The molecule has 0 aliphatic heterocycles. The van der Waals surface area contributed by atoms with Crippen molar-refractivity contribution in [1.82, 2.24) is 0 Å². The topological polar surface area (TPSA) is 58.9 Å². The van der Waals surface area contributed by atoms with E-state index in [1.54, 1.807) is 24.3 Å². The number of halogens is 1. The molecule has 4 nitrogen and oxygen atoms in total. The van der Waals surface area contributed by atoms with Gasteiger partial charge in [0.05, 0.1) is 0 Å². The zero-order valence-corrected chi connectivity index (χ0v) is 18.9. The fourth-order valence-corrected chi connectivity index (χ4v) is 4.99. The third-order valence-corrected chi connectivity index (χ3v) is 7.21. The standard InChI is InChI=1S/C26H21IO4/c28-23-9-1-19(2-10-23)17-30-25-13-5-21(6-14-25)27-22-7-15-26(16-8-22)31-18-20-3-11-24(29)12-4-20/h1-16H,17-18H2,(H-,28,29)/p+1. The number of benzene rings is 4. The Morgan fingerprint density at radius 2 is 0.839 bits per heavy atom. The SMILES string of the molecule is Oc1ccc(COc2ccc([I+]c3ccc(OCc4ccc(O)cc4)cc3)cc2)cc1. The van der Waals surface area contributed by atoms with Crippen LogP contribution in [0.4, 0.5) is 0 Å². The second-order valence-electron chi connectivity index (χ2n) is 6.91. The van der Waals surface area contributed by atoms with Crippen LogP contribution in [-0.2, 0) is 13.2 Å². The molecule has 4 aromatic carbocycles. The molecule has 0 fully saturated rings. The number of rotatable bonds is 8. The van der Waals surface area contributed by atoms with Gasteiger partial charge in [-0.15, -0.1) is 0 Å². The molecule has 0 heterocycles. The molecule has 0 bridgehead atoms. The van der Waals surface area contributed by atoms with Crippen molar-refractivity contribution in [3.63, 3.8) is 0 Å². The van der Waals surface area contributed by atoms with Gasteiger partial charge < -0.3 is 19.7 Å². The van der Waals surface area contributed by atoms with E-state index >= 15 is 0 Å². The van der Waals surface area contributed by atoms with Gasteiger partial charge in [-0.2, -0.15) is 0 Å². The lowest BCUT2D eigenvalue weighted by atomic mass is 10.2. The van der Waals surface area contributed by atoms with Crippen molar-refractivity contribution < 1.29 is 40.9 Å². The number of hydrogen-bond donors (Lipinski definition) is 2. The van der Waals surface area contributed by atoms with E-state index in [1.807, 2.05) is 48.5 Å². The van der Waals surface area contributed by atoms with E-state index in [1.165, 1.54) is 7.14 Å². The van der Waals surface area contributed by atoms with Crippen molar-refractivity contribution >= 4 is 0 Å². The van der Waals surface area contributed by atoms with Crippen LogP contribution >= 0.6 is 0 Å². The number of aromatic hydroxyl groups is 2. The van der Waals surface area contributed by atoms with E-state index in [9.17, 15) is 10.2 Å². The summed E-state index contributed by atoms with van der Waals surface area (Å²) in [6.45, 7) is 0.945. The lowest BCUT2D eigenvalue weighted by Gasteiger charge is -2.06. The molecule has 0 amide bonds. The minimum absolute atomic E-state index is 0.258. The van der Waals surface area contributed by atoms with Crippen molar-refractivity contribution in [3.8, 4) is 23.0 Å². The molecule has 0 saturated heterocycles. The molecule has 2 N–H and O–H groups in total. The maximum atomic E-state index is 9.34. The van der Waals surface area contributed by atoms with Crippen LogP contribution in [-0.4, -0.2) is 10.2 Å². The molecule has 0 saturated carbocycles. The van der Waals surface area contributed by atoms with Crippen molar-refractivity contribution in [2.24, 2.45) is 0 Å². The summed E-state index contributed by atoms with van der Waals surface area (Å²) in [6.07, 6.45) is 0. The Morgan fingerprint density at radius 3 is 1.19 bits per heavy atom. The molecule has 0 aromatic heterocycles. The molecule has 31 heavy (non-hydrogen) atoms. The van der Waals surface area contributed by atoms with Gasteiger partial charge in [-0.3, -0.25) is 0 Å². The van der Waals surface area contributed by atoms with Crippen molar-refractivity contribution in [3.05, 3.63) is 115 Å². The van der Waals surface area contributed by atoms with Crippen LogP contribution in [0.1, 0.15) is 11.1 Å². The zero-order valence-electron chi connectivity index (χ0n) is 16.7. The van der Waals surface area contributed by atoms with Crippen LogP contribution in [0.2, 0.25) is 0 Å².